The highest BCUT2D eigenvalue weighted by Gasteiger charge is 2.24. The van der Waals surface area contributed by atoms with Crippen LogP contribution in [0, 0.1) is 17.8 Å². The summed E-state index contributed by atoms with van der Waals surface area (Å²) in [5.74, 6) is 2.89. The van der Waals surface area contributed by atoms with Crippen molar-refractivity contribution in [3.8, 4) is 0 Å². The maximum atomic E-state index is 3.67. The summed E-state index contributed by atoms with van der Waals surface area (Å²) in [5.41, 5.74) is 0. The van der Waals surface area contributed by atoms with Gasteiger partial charge in [-0.25, -0.2) is 0 Å². The summed E-state index contributed by atoms with van der Waals surface area (Å²) < 4.78 is 0. The maximum Gasteiger partial charge on any atom is -0.00179 e. The molecule has 1 rings (SSSR count). The fourth-order valence-corrected chi connectivity index (χ4v) is 3.63. The van der Waals surface area contributed by atoms with Gasteiger partial charge in [-0.15, -0.1) is 0 Å². The van der Waals surface area contributed by atoms with Crippen LogP contribution in [-0.2, 0) is 0 Å². The first-order chi connectivity index (χ1) is 8.77. The van der Waals surface area contributed by atoms with E-state index < -0.39 is 0 Å². The predicted molar refractivity (Wildman–Crippen MR) is 81.9 cm³/mol. The summed E-state index contributed by atoms with van der Waals surface area (Å²) in [6.07, 6.45) is 12.9. The van der Waals surface area contributed by atoms with Gasteiger partial charge in [-0.1, -0.05) is 59.3 Å². The van der Waals surface area contributed by atoms with Gasteiger partial charge in [0.2, 0.25) is 0 Å². The van der Waals surface area contributed by atoms with Crippen molar-refractivity contribution >= 4 is 0 Å². The minimum Gasteiger partial charge on any atom is -0.316 e. The Morgan fingerprint density at radius 1 is 1.00 bits per heavy atom. The van der Waals surface area contributed by atoms with E-state index in [0.717, 1.165) is 17.8 Å². The van der Waals surface area contributed by atoms with Crippen LogP contribution in [0.4, 0.5) is 0 Å². The minimum atomic E-state index is 0.937. The number of hydrogen-bond acceptors (Lipinski definition) is 1. The van der Waals surface area contributed by atoms with Crippen molar-refractivity contribution in [2.24, 2.45) is 17.8 Å². The average Bonchev–Trinajstić information content (AvgIpc) is 2.56. The van der Waals surface area contributed by atoms with Gasteiger partial charge in [0.05, 0.1) is 0 Å². The molecule has 0 heterocycles. The first-order valence-electron chi connectivity index (χ1n) is 8.48. The molecule has 1 fully saturated rings. The fourth-order valence-electron chi connectivity index (χ4n) is 3.63. The Balaban J connectivity index is 2.40. The smallest absolute Gasteiger partial charge is 0.00179 e. The van der Waals surface area contributed by atoms with Crippen LogP contribution >= 0.6 is 0 Å². The summed E-state index contributed by atoms with van der Waals surface area (Å²) in [5, 5.41) is 3.67. The average molecular weight is 253 g/mol. The number of rotatable bonds is 8. The van der Waals surface area contributed by atoms with Crippen molar-refractivity contribution in [3.63, 3.8) is 0 Å². The zero-order valence-corrected chi connectivity index (χ0v) is 13.0. The quantitative estimate of drug-likeness (QED) is 0.473. The molecule has 0 saturated heterocycles. The first-order valence-corrected chi connectivity index (χ1v) is 8.48. The molecule has 0 aliphatic heterocycles. The lowest BCUT2D eigenvalue weighted by Gasteiger charge is -2.28. The molecular formula is C17H35N. The molecule has 3 atom stereocenters. The number of hydrogen-bond donors (Lipinski definition) is 1. The van der Waals surface area contributed by atoms with E-state index >= 15 is 0 Å². The molecule has 1 heteroatoms. The van der Waals surface area contributed by atoms with Crippen molar-refractivity contribution in [2.75, 3.05) is 13.1 Å². The molecular weight excluding hydrogens is 218 g/mol. The standard InChI is InChI=1S/C17H35N/c1-4-9-15(3)13-16-10-7-6-8-11-17(16)14-18-12-5-2/h15-18H,4-14H2,1-3H3. The van der Waals surface area contributed by atoms with E-state index in [1.54, 1.807) is 0 Å². The van der Waals surface area contributed by atoms with E-state index in [2.05, 4.69) is 26.1 Å². The van der Waals surface area contributed by atoms with Crippen LogP contribution in [0.25, 0.3) is 0 Å². The van der Waals surface area contributed by atoms with Gasteiger partial charge in [0, 0.05) is 0 Å². The van der Waals surface area contributed by atoms with Crippen molar-refractivity contribution in [1.29, 1.82) is 0 Å². The molecule has 0 aromatic carbocycles. The van der Waals surface area contributed by atoms with E-state index in [1.165, 1.54) is 70.9 Å². The highest BCUT2D eigenvalue weighted by Crippen LogP contribution is 2.33. The van der Waals surface area contributed by atoms with Crippen molar-refractivity contribution in [1.82, 2.24) is 5.32 Å². The van der Waals surface area contributed by atoms with Gasteiger partial charge in [-0.05, 0) is 50.1 Å². The van der Waals surface area contributed by atoms with Crippen LogP contribution in [0.2, 0.25) is 0 Å². The van der Waals surface area contributed by atoms with Crippen LogP contribution in [0.3, 0.4) is 0 Å². The Kier molecular flexibility index (Phi) is 8.75. The molecule has 1 aliphatic rings. The molecule has 0 aromatic rings. The lowest BCUT2D eigenvalue weighted by Crippen LogP contribution is -2.29. The Hall–Kier alpha value is -0.0400. The fraction of sp³-hybridized carbons (Fsp3) is 1.00. The summed E-state index contributed by atoms with van der Waals surface area (Å²) in [6, 6.07) is 0. The normalized spacial score (nSPS) is 26.8. The van der Waals surface area contributed by atoms with Gasteiger partial charge in [0.25, 0.3) is 0 Å². The molecule has 1 saturated carbocycles. The van der Waals surface area contributed by atoms with Crippen LogP contribution < -0.4 is 5.32 Å². The Morgan fingerprint density at radius 2 is 1.72 bits per heavy atom. The molecule has 1 nitrogen and oxygen atoms in total. The molecule has 1 N–H and O–H groups in total. The van der Waals surface area contributed by atoms with Gasteiger partial charge in [-0.3, -0.25) is 0 Å². The van der Waals surface area contributed by atoms with Gasteiger partial charge >= 0.3 is 0 Å². The first kappa shape index (κ1) is 16.0. The third kappa shape index (κ3) is 6.22. The minimum absolute atomic E-state index is 0.937. The van der Waals surface area contributed by atoms with Crippen LogP contribution in [0.5, 0.6) is 0 Å². The lowest BCUT2D eigenvalue weighted by atomic mass is 9.80. The van der Waals surface area contributed by atoms with Gasteiger partial charge in [0.15, 0.2) is 0 Å². The van der Waals surface area contributed by atoms with Crippen LogP contribution in [0.15, 0.2) is 0 Å². The molecule has 18 heavy (non-hydrogen) atoms. The molecule has 1 aliphatic carbocycles. The Bertz CT molecular complexity index is 190. The topological polar surface area (TPSA) is 12.0 Å². The summed E-state index contributed by atoms with van der Waals surface area (Å²) >= 11 is 0. The van der Waals surface area contributed by atoms with Crippen molar-refractivity contribution in [3.05, 3.63) is 0 Å². The number of nitrogens with one attached hydrogen (secondary N) is 1. The summed E-state index contributed by atoms with van der Waals surface area (Å²) in [4.78, 5) is 0. The maximum absolute atomic E-state index is 3.67. The summed E-state index contributed by atoms with van der Waals surface area (Å²) in [7, 11) is 0. The monoisotopic (exact) mass is 253 g/mol. The van der Waals surface area contributed by atoms with E-state index in [-0.39, 0.29) is 0 Å². The third-order valence-corrected chi connectivity index (χ3v) is 4.64. The van der Waals surface area contributed by atoms with Crippen LogP contribution in [-0.4, -0.2) is 13.1 Å². The second kappa shape index (κ2) is 9.83. The zero-order valence-electron chi connectivity index (χ0n) is 13.0. The molecule has 3 unspecified atom stereocenters. The molecule has 0 radical (unpaired) electrons. The second-order valence-electron chi connectivity index (χ2n) is 6.49. The van der Waals surface area contributed by atoms with Crippen molar-refractivity contribution in [2.45, 2.75) is 78.6 Å². The van der Waals surface area contributed by atoms with Crippen molar-refractivity contribution < 1.29 is 0 Å². The molecule has 0 amide bonds. The largest absolute Gasteiger partial charge is 0.316 e. The highest BCUT2D eigenvalue weighted by atomic mass is 14.9. The SMILES string of the molecule is CCCNCC1CCCCCC1CC(C)CCC. The molecule has 0 aromatic heterocycles. The van der Waals surface area contributed by atoms with E-state index in [9.17, 15) is 0 Å². The van der Waals surface area contributed by atoms with E-state index in [0.29, 0.717) is 0 Å². The Morgan fingerprint density at radius 3 is 2.39 bits per heavy atom. The summed E-state index contributed by atoms with van der Waals surface area (Å²) in [6.45, 7) is 9.53. The zero-order chi connectivity index (χ0) is 13.2. The molecule has 108 valence electrons. The second-order valence-corrected chi connectivity index (χ2v) is 6.49. The lowest BCUT2D eigenvalue weighted by molar-refractivity contribution is 0.245. The molecule has 0 spiro atoms. The third-order valence-electron chi connectivity index (χ3n) is 4.64. The van der Waals surface area contributed by atoms with Crippen LogP contribution in [0.1, 0.15) is 78.6 Å². The van der Waals surface area contributed by atoms with Gasteiger partial charge < -0.3 is 5.32 Å². The van der Waals surface area contributed by atoms with E-state index in [1.807, 2.05) is 0 Å². The predicted octanol–water partition coefficient (Wildman–Crippen LogP) is 5.01. The molecule has 0 bridgehead atoms. The highest BCUT2D eigenvalue weighted by molar-refractivity contribution is 4.77. The van der Waals surface area contributed by atoms with Gasteiger partial charge in [-0.2, -0.15) is 0 Å². The van der Waals surface area contributed by atoms with Gasteiger partial charge in [0.1, 0.15) is 0 Å². The van der Waals surface area contributed by atoms with E-state index in [4.69, 9.17) is 0 Å². The Labute approximate surface area is 115 Å².